The maximum absolute atomic E-state index is 7.37. The van der Waals surface area contributed by atoms with Gasteiger partial charge >= 0.3 is 6.01 Å². The van der Waals surface area contributed by atoms with Crippen LogP contribution in [0.2, 0.25) is 0 Å². The molecule has 3 aliphatic rings. The van der Waals surface area contributed by atoms with Crippen LogP contribution >= 0.6 is 0 Å². The number of hydrogen-bond donors (Lipinski definition) is 1. The highest BCUT2D eigenvalue weighted by molar-refractivity contribution is 5.94. The van der Waals surface area contributed by atoms with Crippen molar-refractivity contribution in [2.24, 2.45) is 5.92 Å². The molecule has 1 aromatic carbocycles. The predicted molar refractivity (Wildman–Crippen MR) is 150 cm³/mol. The number of benzene rings is 1. The summed E-state index contributed by atoms with van der Waals surface area (Å²) in [5.41, 5.74) is 7.15. The molecule has 2 saturated heterocycles. The quantitative estimate of drug-likeness (QED) is 0.496. The van der Waals surface area contributed by atoms with E-state index in [9.17, 15) is 0 Å². The molecule has 0 saturated carbocycles. The smallest absolute Gasteiger partial charge is 0.318 e. The average molecular weight is 515 g/mol. The SMILES string of the molecule is [C-]#[N+]C[C@@H]1CCCN(c2nc(OCC3CCCN3C)nc3c2CCN(c2c(C)c(C)cc4[nH]ncc24)C3)C1. The van der Waals surface area contributed by atoms with Crippen LogP contribution in [0.3, 0.4) is 0 Å². The van der Waals surface area contributed by atoms with Crippen LogP contribution in [-0.4, -0.2) is 77.5 Å². The Labute approximate surface area is 225 Å². The number of rotatable bonds is 6. The summed E-state index contributed by atoms with van der Waals surface area (Å²) in [4.78, 5) is 21.0. The second kappa shape index (κ2) is 10.4. The summed E-state index contributed by atoms with van der Waals surface area (Å²) in [6.07, 6.45) is 7.40. The van der Waals surface area contributed by atoms with Crippen LogP contribution in [0, 0.1) is 26.3 Å². The van der Waals surface area contributed by atoms with Crippen LogP contribution in [0.25, 0.3) is 15.7 Å². The number of ether oxygens (including phenoxy) is 1. The van der Waals surface area contributed by atoms with E-state index in [0.29, 0.717) is 37.7 Å². The standard InChI is InChI=1S/C29H38N8O/c1-19-13-25-24(15-31-34-25)27(20(19)2)36-12-9-23-26(17-36)32-29(38-18-22-8-6-10-35(22)4)33-28(23)37-11-5-7-21(16-37)14-30-3/h13,15,21-22H,5-12,14,16-18H2,1-2,4H3,(H,31,34)/t21-,22?/m0/s1. The summed E-state index contributed by atoms with van der Waals surface area (Å²) in [7, 11) is 2.17. The van der Waals surface area contributed by atoms with Gasteiger partial charge in [-0.05, 0) is 76.7 Å². The van der Waals surface area contributed by atoms with Gasteiger partial charge in [0.2, 0.25) is 6.54 Å². The summed E-state index contributed by atoms with van der Waals surface area (Å²) in [5.74, 6) is 1.42. The molecule has 0 aliphatic carbocycles. The van der Waals surface area contributed by atoms with E-state index in [2.05, 4.69) is 56.7 Å². The monoisotopic (exact) mass is 514 g/mol. The molecule has 5 heterocycles. The maximum Gasteiger partial charge on any atom is 0.318 e. The highest BCUT2D eigenvalue weighted by Gasteiger charge is 2.31. The van der Waals surface area contributed by atoms with Gasteiger partial charge in [0.1, 0.15) is 12.4 Å². The Morgan fingerprint density at radius 1 is 1.13 bits per heavy atom. The molecule has 0 radical (unpaired) electrons. The molecule has 2 atom stereocenters. The summed E-state index contributed by atoms with van der Waals surface area (Å²) >= 11 is 0. The zero-order valence-corrected chi connectivity index (χ0v) is 22.8. The summed E-state index contributed by atoms with van der Waals surface area (Å²) < 4.78 is 6.30. The number of likely N-dealkylation sites (tertiary alicyclic amines) is 1. The van der Waals surface area contributed by atoms with Gasteiger partial charge in [0.25, 0.3) is 0 Å². The number of fused-ring (bicyclic) bond motifs is 2. The molecule has 0 bridgehead atoms. The average Bonchev–Trinajstić information content (AvgIpc) is 3.56. The lowest BCUT2D eigenvalue weighted by Gasteiger charge is -2.37. The molecule has 3 aromatic rings. The first kappa shape index (κ1) is 24.9. The van der Waals surface area contributed by atoms with Crippen LogP contribution in [0.15, 0.2) is 12.3 Å². The molecule has 0 amide bonds. The predicted octanol–water partition coefficient (Wildman–Crippen LogP) is 4.14. The summed E-state index contributed by atoms with van der Waals surface area (Å²) in [6.45, 7) is 17.5. The van der Waals surface area contributed by atoms with Gasteiger partial charge in [0.05, 0.1) is 29.6 Å². The Kier molecular flexibility index (Phi) is 6.83. The minimum atomic E-state index is 0.396. The van der Waals surface area contributed by atoms with Gasteiger partial charge in [-0.2, -0.15) is 15.1 Å². The Morgan fingerprint density at radius 2 is 2.00 bits per heavy atom. The third-order valence-corrected chi connectivity index (χ3v) is 8.81. The van der Waals surface area contributed by atoms with Gasteiger partial charge in [-0.25, -0.2) is 6.57 Å². The van der Waals surface area contributed by atoms with Crippen LogP contribution in [0.5, 0.6) is 6.01 Å². The van der Waals surface area contributed by atoms with Crippen LogP contribution in [-0.2, 0) is 13.0 Å². The lowest BCUT2D eigenvalue weighted by atomic mass is 9.96. The Morgan fingerprint density at radius 3 is 2.82 bits per heavy atom. The molecule has 2 aromatic heterocycles. The zero-order chi connectivity index (χ0) is 26.2. The van der Waals surface area contributed by atoms with Gasteiger partial charge < -0.3 is 24.3 Å². The fourth-order valence-electron chi connectivity index (χ4n) is 6.52. The van der Waals surface area contributed by atoms with Crippen molar-refractivity contribution in [1.29, 1.82) is 0 Å². The van der Waals surface area contributed by atoms with E-state index in [4.69, 9.17) is 21.3 Å². The number of aryl methyl sites for hydroxylation is 1. The molecule has 3 aliphatic heterocycles. The van der Waals surface area contributed by atoms with Crippen LogP contribution < -0.4 is 14.5 Å². The van der Waals surface area contributed by atoms with Crippen molar-refractivity contribution in [3.63, 3.8) is 0 Å². The van der Waals surface area contributed by atoms with Crippen molar-refractivity contribution >= 4 is 22.4 Å². The topological polar surface area (TPSA) is 77.8 Å². The lowest BCUT2D eigenvalue weighted by Crippen LogP contribution is -2.40. The number of nitrogens with zero attached hydrogens (tertiary/aromatic N) is 7. The zero-order valence-electron chi connectivity index (χ0n) is 22.8. The molecule has 0 spiro atoms. The fourth-order valence-corrected chi connectivity index (χ4v) is 6.52. The molecule has 38 heavy (non-hydrogen) atoms. The van der Waals surface area contributed by atoms with Crippen molar-refractivity contribution in [3.8, 4) is 6.01 Å². The number of aromatic amines is 1. The van der Waals surface area contributed by atoms with Crippen molar-refractivity contribution in [2.45, 2.75) is 58.5 Å². The third-order valence-electron chi connectivity index (χ3n) is 8.81. The van der Waals surface area contributed by atoms with Crippen LogP contribution in [0.1, 0.15) is 48.1 Å². The second-order valence-electron chi connectivity index (χ2n) is 11.3. The highest BCUT2D eigenvalue weighted by Crippen LogP contribution is 2.37. The molecule has 1 N–H and O–H groups in total. The number of H-pyrrole nitrogens is 1. The minimum Gasteiger partial charge on any atom is -0.462 e. The molecule has 200 valence electrons. The largest absolute Gasteiger partial charge is 0.462 e. The van der Waals surface area contributed by atoms with E-state index in [-0.39, 0.29) is 0 Å². The van der Waals surface area contributed by atoms with Crippen molar-refractivity contribution in [1.82, 2.24) is 25.1 Å². The van der Waals surface area contributed by atoms with E-state index in [1.807, 2.05) is 6.20 Å². The highest BCUT2D eigenvalue weighted by atomic mass is 16.5. The van der Waals surface area contributed by atoms with E-state index in [1.54, 1.807) is 0 Å². The van der Waals surface area contributed by atoms with Gasteiger partial charge in [-0.15, -0.1) is 0 Å². The van der Waals surface area contributed by atoms with Gasteiger partial charge in [0, 0.05) is 42.5 Å². The number of nitrogens with one attached hydrogen (secondary N) is 1. The molecule has 2 fully saturated rings. The molecular formula is C29H38N8O. The van der Waals surface area contributed by atoms with E-state index in [1.165, 1.54) is 28.8 Å². The van der Waals surface area contributed by atoms with Crippen molar-refractivity contribution in [3.05, 3.63) is 46.1 Å². The lowest BCUT2D eigenvalue weighted by molar-refractivity contribution is 0.187. The van der Waals surface area contributed by atoms with Crippen LogP contribution in [0.4, 0.5) is 11.5 Å². The van der Waals surface area contributed by atoms with E-state index >= 15 is 0 Å². The normalized spacial score (nSPS) is 22.1. The second-order valence-corrected chi connectivity index (χ2v) is 11.3. The Bertz CT molecular complexity index is 1360. The minimum absolute atomic E-state index is 0.396. The number of aromatic nitrogens is 4. The summed E-state index contributed by atoms with van der Waals surface area (Å²) in [6, 6.07) is 3.08. The Balaban J connectivity index is 1.34. The van der Waals surface area contributed by atoms with Gasteiger partial charge in [-0.3, -0.25) is 5.10 Å². The summed E-state index contributed by atoms with van der Waals surface area (Å²) in [5, 5.41) is 8.65. The maximum atomic E-state index is 7.37. The first-order chi connectivity index (χ1) is 18.5. The number of likely N-dealkylation sites (N-methyl/N-ethyl adjacent to an activating group) is 1. The number of hydrogen-bond acceptors (Lipinski definition) is 7. The molecular weight excluding hydrogens is 476 g/mol. The molecule has 9 heteroatoms. The van der Waals surface area contributed by atoms with Crippen molar-refractivity contribution < 1.29 is 4.74 Å². The number of piperidine rings is 1. The molecule has 9 nitrogen and oxygen atoms in total. The van der Waals surface area contributed by atoms with Gasteiger partial charge in [0.15, 0.2) is 0 Å². The van der Waals surface area contributed by atoms with Gasteiger partial charge in [-0.1, -0.05) is 0 Å². The first-order valence-electron chi connectivity index (χ1n) is 14.0. The fraction of sp³-hybridized carbons (Fsp3) is 0.586. The third kappa shape index (κ3) is 4.66. The Hall–Kier alpha value is -3.38. The number of anilines is 2. The molecule has 6 rings (SSSR count). The molecule has 1 unspecified atom stereocenters. The van der Waals surface area contributed by atoms with Crippen molar-refractivity contribution in [2.75, 3.05) is 56.2 Å². The first-order valence-corrected chi connectivity index (χ1v) is 14.0. The van der Waals surface area contributed by atoms with E-state index < -0.39 is 0 Å². The van der Waals surface area contributed by atoms with E-state index in [0.717, 1.165) is 74.3 Å².